The highest BCUT2D eigenvalue weighted by Crippen LogP contribution is 2.25. The van der Waals surface area contributed by atoms with Crippen LogP contribution in [0.5, 0.6) is 0 Å². The van der Waals surface area contributed by atoms with Gasteiger partial charge in [0.05, 0.1) is 5.92 Å². The summed E-state index contributed by atoms with van der Waals surface area (Å²) in [4.78, 5) is 15.7. The zero-order valence-corrected chi connectivity index (χ0v) is 10.2. The lowest BCUT2D eigenvalue weighted by atomic mass is 9.95. The summed E-state index contributed by atoms with van der Waals surface area (Å²) in [6.07, 6.45) is 2.88. The highest BCUT2D eigenvalue weighted by molar-refractivity contribution is 5.70. The van der Waals surface area contributed by atoms with Crippen LogP contribution >= 0.6 is 0 Å². The first kappa shape index (κ1) is 11.9. The zero-order chi connectivity index (χ0) is 11.7. The van der Waals surface area contributed by atoms with Gasteiger partial charge < -0.3 is 10.0 Å². The van der Waals surface area contributed by atoms with Crippen molar-refractivity contribution in [2.45, 2.75) is 38.3 Å². The quantitative estimate of drug-likeness (QED) is 0.759. The molecule has 16 heavy (non-hydrogen) atoms. The molecule has 0 amide bonds. The zero-order valence-electron chi connectivity index (χ0n) is 10.2. The average Bonchev–Trinajstić information content (AvgIpc) is 2.59. The lowest BCUT2D eigenvalue weighted by Crippen LogP contribution is -2.43. The van der Waals surface area contributed by atoms with Crippen LogP contribution in [0.4, 0.5) is 0 Å². The Morgan fingerprint density at radius 1 is 1.31 bits per heavy atom. The fourth-order valence-electron chi connectivity index (χ4n) is 2.94. The fraction of sp³-hybridized carbons (Fsp3) is 0.917. The second-order valence-electron chi connectivity index (χ2n) is 5.33. The predicted octanol–water partition coefficient (Wildman–Crippen LogP) is 0.876. The first-order valence-corrected chi connectivity index (χ1v) is 6.25. The highest BCUT2D eigenvalue weighted by atomic mass is 16.4. The molecule has 2 fully saturated rings. The van der Waals surface area contributed by atoms with E-state index in [4.69, 9.17) is 5.11 Å². The molecule has 2 unspecified atom stereocenters. The van der Waals surface area contributed by atoms with Crippen LogP contribution in [0.1, 0.15) is 26.2 Å². The Balaban J connectivity index is 1.83. The molecule has 2 aliphatic rings. The van der Waals surface area contributed by atoms with Gasteiger partial charge in [0, 0.05) is 18.6 Å². The van der Waals surface area contributed by atoms with Crippen LogP contribution in [0.2, 0.25) is 0 Å². The van der Waals surface area contributed by atoms with Crippen molar-refractivity contribution in [3.8, 4) is 0 Å². The first-order valence-electron chi connectivity index (χ1n) is 6.25. The smallest absolute Gasteiger partial charge is 0.306 e. The fourth-order valence-corrected chi connectivity index (χ4v) is 2.94. The molecule has 0 aromatic rings. The van der Waals surface area contributed by atoms with E-state index in [0.717, 1.165) is 32.5 Å². The number of hydrogen-bond donors (Lipinski definition) is 1. The van der Waals surface area contributed by atoms with E-state index in [1.165, 1.54) is 6.42 Å². The van der Waals surface area contributed by atoms with Gasteiger partial charge in [0.25, 0.3) is 0 Å². The van der Waals surface area contributed by atoms with E-state index >= 15 is 0 Å². The first-order chi connectivity index (χ1) is 7.58. The molecule has 0 aromatic heterocycles. The topological polar surface area (TPSA) is 43.8 Å². The number of nitrogens with zero attached hydrogens (tertiary/aromatic N) is 2. The van der Waals surface area contributed by atoms with Gasteiger partial charge in [-0.3, -0.25) is 9.69 Å². The molecule has 0 bridgehead atoms. The largest absolute Gasteiger partial charge is 0.481 e. The summed E-state index contributed by atoms with van der Waals surface area (Å²) in [5.74, 6) is -0.718. The summed E-state index contributed by atoms with van der Waals surface area (Å²) in [5, 5.41) is 8.95. The Bertz CT molecular complexity index is 252. The Morgan fingerprint density at radius 2 is 1.94 bits per heavy atom. The van der Waals surface area contributed by atoms with Gasteiger partial charge >= 0.3 is 5.97 Å². The number of likely N-dealkylation sites (N-methyl/N-ethyl adjacent to an activating group) is 1. The molecule has 2 rings (SSSR count). The maximum atomic E-state index is 10.9. The Labute approximate surface area is 97.2 Å². The lowest BCUT2D eigenvalue weighted by Gasteiger charge is -2.34. The van der Waals surface area contributed by atoms with Gasteiger partial charge in [0.15, 0.2) is 0 Å². The molecular formula is C12H22N2O2. The molecule has 2 atom stereocenters. The van der Waals surface area contributed by atoms with Crippen molar-refractivity contribution in [3.05, 3.63) is 0 Å². The molecule has 2 aliphatic heterocycles. The molecule has 92 valence electrons. The number of carboxylic acid groups (broad SMARTS) is 1. The second kappa shape index (κ2) is 4.72. The lowest BCUT2D eigenvalue weighted by molar-refractivity contribution is -0.143. The number of piperidine rings is 1. The third-order valence-electron chi connectivity index (χ3n) is 4.26. The third-order valence-corrected chi connectivity index (χ3v) is 4.26. The number of likely N-dealkylation sites (tertiary alicyclic amines) is 2. The molecule has 4 nitrogen and oxygen atoms in total. The van der Waals surface area contributed by atoms with E-state index in [9.17, 15) is 4.79 Å². The summed E-state index contributed by atoms with van der Waals surface area (Å²) >= 11 is 0. The predicted molar refractivity (Wildman–Crippen MR) is 62.4 cm³/mol. The van der Waals surface area contributed by atoms with Crippen molar-refractivity contribution in [2.24, 2.45) is 5.92 Å². The minimum Gasteiger partial charge on any atom is -0.481 e. The number of rotatable bonds is 2. The van der Waals surface area contributed by atoms with Crippen LogP contribution in [0, 0.1) is 5.92 Å². The van der Waals surface area contributed by atoms with Crippen molar-refractivity contribution in [2.75, 3.05) is 26.7 Å². The summed E-state index contributed by atoms with van der Waals surface area (Å²) in [5.41, 5.74) is 0. The molecule has 4 heteroatoms. The summed E-state index contributed by atoms with van der Waals surface area (Å²) in [6.45, 7) is 5.33. The van der Waals surface area contributed by atoms with E-state index in [1.807, 2.05) is 0 Å². The Kier molecular flexibility index (Phi) is 3.50. The van der Waals surface area contributed by atoms with Crippen LogP contribution in [-0.2, 0) is 4.79 Å². The molecule has 0 aromatic carbocycles. The normalized spacial score (nSPS) is 34.4. The summed E-state index contributed by atoms with van der Waals surface area (Å²) in [7, 11) is 2.18. The van der Waals surface area contributed by atoms with E-state index in [-0.39, 0.29) is 5.92 Å². The van der Waals surface area contributed by atoms with E-state index < -0.39 is 5.97 Å². The standard InChI is InChI=1S/C12H22N2O2/c1-9-7-11(8-13(9)2)14-5-3-10(4-6-14)12(15)16/h9-11H,3-8H2,1-2H3,(H,15,16). The molecule has 2 heterocycles. The molecule has 0 radical (unpaired) electrons. The van der Waals surface area contributed by atoms with Gasteiger partial charge in [-0.1, -0.05) is 0 Å². The Morgan fingerprint density at radius 3 is 2.38 bits per heavy atom. The van der Waals surface area contributed by atoms with Gasteiger partial charge in [-0.05, 0) is 46.3 Å². The maximum absolute atomic E-state index is 10.9. The molecular weight excluding hydrogens is 204 g/mol. The second-order valence-corrected chi connectivity index (χ2v) is 5.33. The van der Waals surface area contributed by atoms with Gasteiger partial charge in [0.1, 0.15) is 0 Å². The molecule has 0 aliphatic carbocycles. The Hall–Kier alpha value is -0.610. The highest BCUT2D eigenvalue weighted by Gasteiger charge is 2.33. The summed E-state index contributed by atoms with van der Waals surface area (Å²) in [6, 6.07) is 1.32. The van der Waals surface area contributed by atoms with Crippen LogP contribution in [0.3, 0.4) is 0 Å². The van der Waals surface area contributed by atoms with E-state index in [0.29, 0.717) is 12.1 Å². The van der Waals surface area contributed by atoms with Crippen molar-refractivity contribution < 1.29 is 9.90 Å². The minimum atomic E-state index is -0.614. The van der Waals surface area contributed by atoms with Crippen molar-refractivity contribution in [3.63, 3.8) is 0 Å². The van der Waals surface area contributed by atoms with E-state index in [2.05, 4.69) is 23.8 Å². The van der Waals surface area contributed by atoms with E-state index in [1.54, 1.807) is 0 Å². The molecule has 2 saturated heterocycles. The van der Waals surface area contributed by atoms with Gasteiger partial charge in [-0.2, -0.15) is 0 Å². The number of carbonyl (C=O) groups is 1. The maximum Gasteiger partial charge on any atom is 0.306 e. The van der Waals surface area contributed by atoms with Gasteiger partial charge in [-0.15, -0.1) is 0 Å². The van der Waals surface area contributed by atoms with Crippen LogP contribution in [0.15, 0.2) is 0 Å². The SMILES string of the molecule is CC1CC(N2CCC(C(=O)O)CC2)CN1C. The molecule has 0 saturated carbocycles. The number of aliphatic carboxylic acids is 1. The average molecular weight is 226 g/mol. The molecule has 1 N–H and O–H groups in total. The minimum absolute atomic E-state index is 0.104. The van der Waals surface area contributed by atoms with Crippen molar-refractivity contribution in [1.82, 2.24) is 9.80 Å². The van der Waals surface area contributed by atoms with Gasteiger partial charge in [-0.25, -0.2) is 0 Å². The monoisotopic (exact) mass is 226 g/mol. The van der Waals surface area contributed by atoms with Crippen LogP contribution in [0.25, 0.3) is 0 Å². The number of hydrogen-bond acceptors (Lipinski definition) is 3. The van der Waals surface area contributed by atoms with Gasteiger partial charge in [0.2, 0.25) is 0 Å². The van der Waals surface area contributed by atoms with Crippen LogP contribution in [-0.4, -0.2) is 59.6 Å². The van der Waals surface area contributed by atoms with Crippen molar-refractivity contribution >= 4 is 5.97 Å². The molecule has 0 spiro atoms. The summed E-state index contributed by atoms with van der Waals surface area (Å²) < 4.78 is 0. The number of carboxylic acids is 1. The van der Waals surface area contributed by atoms with Crippen molar-refractivity contribution in [1.29, 1.82) is 0 Å². The van der Waals surface area contributed by atoms with Crippen LogP contribution < -0.4 is 0 Å². The third kappa shape index (κ3) is 2.38.